The summed E-state index contributed by atoms with van der Waals surface area (Å²) in [6.45, 7) is 0.648. The molecule has 1 aliphatic heterocycles. The Bertz CT molecular complexity index is 1130. The van der Waals surface area contributed by atoms with Gasteiger partial charge in [0.05, 0.1) is 12.1 Å². The minimum atomic E-state index is -4.76. The molecule has 3 aromatic rings. The highest BCUT2D eigenvalue weighted by Crippen LogP contribution is 2.33. The lowest BCUT2D eigenvalue weighted by molar-refractivity contribution is -0.274. The van der Waals surface area contributed by atoms with Gasteiger partial charge in [-0.15, -0.1) is 13.2 Å². The summed E-state index contributed by atoms with van der Waals surface area (Å²) >= 11 is 0. The van der Waals surface area contributed by atoms with Gasteiger partial charge >= 0.3 is 6.36 Å². The van der Waals surface area contributed by atoms with Crippen molar-refractivity contribution in [3.05, 3.63) is 72.3 Å². The van der Waals surface area contributed by atoms with Crippen molar-refractivity contribution in [2.75, 3.05) is 13.2 Å². The fourth-order valence-corrected chi connectivity index (χ4v) is 3.61. The highest BCUT2D eigenvalue weighted by molar-refractivity contribution is 6.40. The predicted molar refractivity (Wildman–Crippen MR) is 116 cm³/mol. The molecule has 32 heavy (non-hydrogen) atoms. The highest BCUT2D eigenvalue weighted by Gasteiger charge is 2.37. The van der Waals surface area contributed by atoms with Crippen LogP contribution in [0.15, 0.2) is 60.9 Å². The normalized spacial score (nSPS) is 14.3. The van der Waals surface area contributed by atoms with Crippen LogP contribution >= 0.6 is 0 Å². The van der Waals surface area contributed by atoms with Gasteiger partial charge in [0.1, 0.15) is 39.6 Å². The van der Waals surface area contributed by atoms with Gasteiger partial charge in [-0.1, -0.05) is 18.2 Å². The number of nitrogens with zero attached hydrogens (tertiary/aromatic N) is 3. The SMILES string of the molecule is BC(B)(c1ncccn1)N1CCOc2ccc(-c3ccc(OC(F)(F)F)cc3)cc2C1=O. The number of carbonyl (C=O) groups excluding carboxylic acids is 1. The molecule has 4 rings (SSSR count). The van der Waals surface area contributed by atoms with E-state index in [2.05, 4.69) is 14.7 Å². The van der Waals surface area contributed by atoms with Crippen molar-refractivity contribution in [2.24, 2.45) is 0 Å². The molecule has 2 heterocycles. The second-order valence-electron chi connectivity index (χ2n) is 7.72. The first-order chi connectivity index (χ1) is 15.1. The number of amides is 1. The minimum Gasteiger partial charge on any atom is -0.491 e. The fourth-order valence-electron chi connectivity index (χ4n) is 3.61. The number of hydrogen-bond donors (Lipinski definition) is 0. The molecule has 0 unspecified atom stereocenters. The zero-order valence-electron chi connectivity index (χ0n) is 17.4. The van der Waals surface area contributed by atoms with E-state index in [0.29, 0.717) is 41.4 Å². The Morgan fingerprint density at radius 1 is 1.00 bits per heavy atom. The number of rotatable bonds is 4. The second kappa shape index (κ2) is 8.22. The van der Waals surface area contributed by atoms with Crippen LogP contribution in [0.4, 0.5) is 13.2 Å². The lowest BCUT2D eigenvalue weighted by Crippen LogP contribution is -2.52. The molecule has 0 saturated carbocycles. The van der Waals surface area contributed by atoms with E-state index < -0.39 is 11.7 Å². The van der Waals surface area contributed by atoms with Crippen molar-refractivity contribution in [3.8, 4) is 22.6 Å². The van der Waals surface area contributed by atoms with Crippen LogP contribution < -0.4 is 9.47 Å². The molecule has 0 aliphatic carbocycles. The van der Waals surface area contributed by atoms with Crippen LogP contribution in [0.5, 0.6) is 11.5 Å². The van der Waals surface area contributed by atoms with Gasteiger partial charge in [-0.2, -0.15) is 0 Å². The second-order valence-corrected chi connectivity index (χ2v) is 7.72. The molecule has 0 spiro atoms. The monoisotopic (exact) mass is 439 g/mol. The van der Waals surface area contributed by atoms with Crippen molar-refractivity contribution < 1.29 is 27.4 Å². The molecule has 162 valence electrons. The maximum absolute atomic E-state index is 13.5. The summed E-state index contributed by atoms with van der Waals surface area (Å²) in [5.74, 6) is 0.399. The van der Waals surface area contributed by atoms with E-state index in [1.807, 2.05) is 15.7 Å². The molecule has 0 N–H and O–H groups in total. The molecule has 0 atom stereocenters. The standard InChI is InChI=1S/C21H18B2F3N3O3/c22-20(23,19-27-8-1-9-28-19)29-10-11-31-17-7-4-14(12-16(17)18(29)30)13-2-5-15(6-3-13)32-21(24,25)26/h1-9,12H,10-11,22-23H2. The van der Waals surface area contributed by atoms with Gasteiger partial charge < -0.3 is 14.4 Å². The van der Waals surface area contributed by atoms with Gasteiger partial charge in [0, 0.05) is 17.7 Å². The number of hydrogen-bond acceptors (Lipinski definition) is 5. The molecule has 0 saturated heterocycles. The summed E-state index contributed by atoms with van der Waals surface area (Å²) in [6, 6.07) is 12.3. The molecule has 2 aromatic carbocycles. The molecule has 1 aromatic heterocycles. The van der Waals surface area contributed by atoms with E-state index in [9.17, 15) is 18.0 Å². The molecule has 0 fully saturated rings. The summed E-state index contributed by atoms with van der Waals surface area (Å²) < 4.78 is 46.9. The largest absolute Gasteiger partial charge is 0.573 e. The molecule has 1 aliphatic rings. The highest BCUT2D eigenvalue weighted by atomic mass is 19.4. The van der Waals surface area contributed by atoms with Crippen molar-refractivity contribution in [1.82, 2.24) is 14.9 Å². The molecule has 6 nitrogen and oxygen atoms in total. The van der Waals surface area contributed by atoms with Crippen LogP contribution in [0, 0.1) is 0 Å². The Morgan fingerprint density at radius 3 is 2.31 bits per heavy atom. The lowest BCUT2D eigenvalue weighted by atomic mass is 9.59. The Labute approximate surface area is 184 Å². The van der Waals surface area contributed by atoms with Crippen LogP contribution in [-0.2, 0) is 5.34 Å². The average Bonchev–Trinajstić information content (AvgIpc) is 2.93. The number of benzene rings is 2. The summed E-state index contributed by atoms with van der Waals surface area (Å²) in [5.41, 5.74) is 1.66. The van der Waals surface area contributed by atoms with Gasteiger partial charge in [0.15, 0.2) is 0 Å². The molecule has 1 amide bonds. The van der Waals surface area contributed by atoms with Crippen LogP contribution in [0.25, 0.3) is 11.1 Å². The maximum atomic E-state index is 13.5. The number of aromatic nitrogens is 2. The number of alkyl halides is 3. The molecule has 0 radical (unpaired) electrons. The van der Waals surface area contributed by atoms with Crippen molar-refractivity contribution in [1.29, 1.82) is 0 Å². The lowest BCUT2D eigenvalue weighted by Gasteiger charge is -2.36. The van der Waals surface area contributed by atoms with Gasteiger partial charge in [0.2, 0.25) is 0 Å². The Morgan fingerprint density at radius 2 is 1.66 bits per heavy atom. The average molecular weight is 439 g/mol. The number of carbonyl (C=O) groups is 1. The van der Waals surface area contributed by atoms with E-state index in [4.69, 9.17) is 4.74 Å². The molecule has 0 bridgehead atoms. The minimum absolute atomic E-state index is 0.242. The maximum Gasteiger partial charge on any atom is 0.573 e. The van der Waals surface area contributed by atoms with Gasteiger partial charge in [-0.05, 0) is 41.5 Å². The third-order valence-electron chi connectivity index (χ3n) is 5.24. The summed E-state index contributed by atoms with van der Waals surface area (Å²) in [7, 11) is 3.74. The Balaban J connectivity index is 1.66. The third kappa shape index (κ3) is 4.41. The van der Waals surface area contributed by atoms with Gasteiger partial charge in [-0.25, -0.2) is 9.97 Å². The van der Waals surface area contributed by atoms with Crippen molar-refractivity contribution in [3.63, 3.8) is 0 Å². The molecule has 11 heteroatoms. The molecular weight excluding hydrogens is 421 g/mol. The van der Waals surface area contributed by atoms with E-state index in [-0.39, 0.29) is 11.7 Å². The molecular formula is C21H18B2F3N3O3. The van der Waals surface area contributed by atoms with Crippen molar-refractivity contribution in [2.45, 2.75) is 11.7 Å². The Hall–Kier alpha value is -3.49. The van der Waals surface area contributed by atoms with Crippen LogP contribution in [-0.4, -0.2) is 56.0 Å². The number of halogens is 3. The smallest absolute Gasteiger partial charge is 0.491 e. The van der Waals surface area contributed by atoms with Gasteiger partial charge in [0.25, 0.3) is 5.91 Å². The topological polar surface area (TPSA) is 64.6 Å². The first-order valence-electron chi connectivity index (χ1n) is 9.88. The van der Waals surface area contributed by atoms with E-state index in [1.165, 1.54) is 24.3 Å². The van der Waals surface area contributed by atoms with Crippen LogP contribution in [0.1, 0.15) is 16.2 Å². The van der Waals surface area contributed by atoms with E-state index >= 15 is 0 Å². The Kier molecular flexibility index (Phi) is 5.58. The first-order valence-corrected chi connectivity index (χ1v) is 9.88. The summed E-state index contributed by atoms with van der Waals surface area (Å²) in [5, 5.41) is -0.782. The number of ether oxygens (including phenoxy) is 2. The predicted octanol–water partition coefficient (Wildman–Crippen LogP) is 1.95. The summed E-state index contributed by atoms with van der Waals surface area (Å²) in [4.78, 5) is 23.8. The van der Waals surface area contributed by atoms with Crippen molar-refractivity contribution >= 4 is 21.6 Å². The quantitative estimate of drug-likeness (QED) is 0.582. The number of fused-ring (bicyclic) bond motifs is 1. The zero-order valence-corrected chi connectivity index (χ0v) is 17.4. The first kappa shape index (κ1) is 21.7. The van der Waals surface area contributed by atoms with Gasteiger partial charge in [-0.3, -0.25) is 4.79 Å². The van der Waals surface area contributed by atoms with Crippen LogP contribution in [0.2, 0.25) is 0 Å². The van der Waals surface area contributed by atoms with E-state index in [0.717, 1.165) is 0 Å². The summed E-state index contributed by atoms with van der Waals surface area (Å²) in [6.07, 6.45) is -1.50. The van der Waals surface area contributed by atoms with Crippen LogP contribution in [0.3, 0.4) is 0 Å². The fraction of sp³-hybridized carbons (Fsp3) is 0.190. The third-order valence-corrected chi connectivity index (χ3v) is 5.24. The zero-order chi connectivity index (χ0) is 22.9. The van der Waals surface area contributed by atoms with E-state index in [1.54, 1.807) is 41.6 Å².